The average molecular weight is 405 g/mol. The number of nitrogens with zero attached hydrogens (tertiary/aromatic N) is 4. The summed E-state index contributed by atoms with van der Waals surface area (Å²) in [5.74, 6) is 0.330. The van der Waals surface area contributed by atoms with E-state index in [1.807, 2.05) is 13.1 Å². The zero-order chi connectivity index (χ0) is 22.1. The lowest BCUT2D eigenvalue weighted by Crippen LogP contribution is -2.47. The maximum Gasteiger partial charge on any atom is 0.203 e. The molecule has 2 N–H and O–H groups in total. The molecule has 1 heterocycles. The Balaban J connectivity index is 2.37. The van der Waals surface area contributed by atoms with Gasteiger partial charge < -0.3 is 24.8 Å². The Kier molecular flexibility index (Phi) is 5.60. The first kappa shape index (κ1) is 21.0. The quantitative estimate of drug-likeness (QED) is 0.806. The van der Waals surface area contributed by atoms with Crippen molar-refractivity contribution in [1.82, 2.24) is 4.90 Å². The minimum Gasteiger partial charge on any atom is -0.493 e. The van der Waals surface area contributed by atoms with Crippen LogP contribution >= 0.6 is 0 Å². The highest BCUT2D eigenvalue weighted by Crippen LogP contribution is 2.55. The molecule has 0 bridgehead atoms. The second kappa shape index (κ2) is 7.99. The van der Waals surface area contributed by atoms with Crippen LogP contribution in [0.4, 0.5) is 0 Å². The molecule has 1 aliphatic heterocycles. The summed E-state index contributed by atoms with van der Waals surface area (Å²) in [5.41, 5.74) is 6.25. The van der Waals surface area contributed by atoms with E-state index in [2.05, 4.69) is 23.1 Å². The second-order valence-electron chi connectivity index (χ2n) is 7.36. The van der Waals surface area contributed by atoms with Crippen LogP contribution in [-0.2, 0) is 0 Å². The van der Waals surface area contributed by atoms with Gasteiger partial charge in [0.2, 0.25) is 5.75 Å². The molecule has 1 aliphatic carbocycles. The number of allylic oxidation sites excluding steroid dienone is 2. The van der Waals surface area contributed by atoms with E-state index < -0.39 is 11.3 Å². The van der Waals surface area contributed by atoms with Crippen molar-refractivity contribution < 1.29 is 14.2 Å². The van der Waals surface area contributed by atoms with Gasteiger partial charge in [0.15, 0.2) is 16.9 Å². The molecule has 0 saturated heterocycles. The Morgan fingerprint density at radius 1 is 1.07 bits per heavy atom. The molecule has 0 aromatic heterocycles. The van der Waals surface area contributed by atoms with Crippen LogP contribution in [0.25, 0.3) is 0 Å². The van der Waals surface area contributed by atoms with Crippen molar-refractivity contribution in [3.8, 4) is 35.5 Å². The maximum absolute atomic E-state index is 10.2. The van der Waals surface area contributed by atoms with Crippen molar-refractivity contribution in [3.63, 3.8) is 0 Å². The molecule has 3 rings (SSSR count). The first-order valence-corrected chi connectivity index (χ1v) is 9.34. The molecule has 154 valence electrons. The Bertz CT molecular complexity index is 1010. The number of likely N-dealkylation sites (N-methyl/N-ethyl adjacent to an activating group) is 1. The van der Waals surface area contributed by atoms with Gasteiger partial charge in [-0.05, 0) is 30.3 Å². The van der Waals surface area contributed by atoms with Crippen molar-refractivity contribution >= 4 is 0 Å². The predicted molar refractivity (Wildman–Crippen MR) is 108 cm³/mol. The van der Waals surface area contributed by atoms with Gasteiger partial charge in [0, 0.05) is 24.9 Å². The van der Waals surface area contributed by atoms with E-state index in [9.17, 15) is 15.8 Å². The zero-order valence-electron chi connectivity index (χ0n) is 17.4. The van der Waals surface area contributed by atoms with Gasteiger partial charge in [0.25, 0.3) is 0 Å². The number of nitrogens with two attached hydrogens (primary N) is 1. The number of benzene rings is 1. The fourth-order valence-corrected chi connectivity index (χ4v) is 4.48. The van der Waals surface area contributed by atoms with Gasteiger partial charge in [0.1, 0.15) is 6.07 Å². The van der Waals surface area contributed by atoms with Gasteiger partial charge in [-0.3, -0.25) is 0 Å². The molecule has 0 unspecified atom stereocenters. The van der Waals surface area contributed by atoms with Crippen molar-refractivity contribution in [2.75, 3.05) is 41.5 Å². The van der Waals surface area contributed by atoms with Crippen LogP contribution in [0, 0.1) is 45.3 Å². The molecule has 1 aromatic rings. The Hall–Kier alpha value is -3.67. The standard InChI is InChI=1S/C22H23N5O3/c1-27-6-5-14-15(9-23)21(26)22(11-24,12-25)19(16(14)10-27)13-7-17(28-2)20(30-4)18(8-13)29-3/h5,7-8,16,19H,6,10,26H2,1-4H3/t16-,19-/m0/s1. The number of ether oxygens (including phenoxy) is 3. The summed E-state index contributed by atoms with van der Waals surface area (Å²) in [7, 11) is 6.47. The van der Waals surface area contributed by atoms with E-state index in [0.29, 0.717) is 35.9 Å². The SMILES string of the molecule is COc1cc([C@H]2[C@H]3CN(C)CC=C3C(C#N)=C(N)C2(C#N)C#N)cc(OC)c1OC. The summed E-state index contributed by atoms with van der Waals surface area (Å²) in [5, 5.41) is 30.1. The monoisotopic (exact) mass is 405 g/mol. The zero-order valence-corrected chi connectivity index (χ0v) is 17.4. The van der Waals surface area contributed by atoms with Gasteiger partial charge in [-0.1, -0.05) is 6.08 Å². The first-order chi connectivity index (χ1) is 14.4. The van der Waals surface area contributed by atoms with Crippen molar-refractivity contribution in [3.05, 3.63) is 40.6 Å². The minimum absolute atomic E-state index is 0.0131. The third-order valence-corrected chi connectivity index (χ3v) is 5.89. The van der Waals surface area contributed by atoms with E-state index in [1.54, 1.807) is 12.1 Å². The highest BCUT2D eigenvalue weighted by molar-refractivity contribution is 5.62. The number of hydrogen-bond acceptors (Lipinski definition) is 8. The summed E-state index contributed by atoms with van der Waals surface area (Å²) < 4.78 is 16.4. The van der Waals surface area contributed by atoms with Gasteiger partial charge in [-0.2, -0.15) is 15.8 Å². The molecule has 1 aromatic carbocycles. The lowest BCUT2D eigenvalue weighted by atomic mass is 9.58. The molecule has 0 spiro atoms. The highest BCUT2D eigenvalue weighted by atomic mass is 16.5. The van der Waals surface area contributed by atoms with Gasteiger partial charge in [-0.15, -0.1) is 0 Å². The van der Waals surface area contributed by atoms with Gasteiger partial charge in [-0.25, -0.2) is 0 Å². The van der Waals surface area contributed by atoms with Gasteiger partial charge >= 0.3 is 0 Å². The largest absolute Gasteiger partial charge is 0.493 e. The summed E-state index contributed by atoms with van der Waals surface area (Å²) in [6.45, 7) is 1.22. The molecular weight excluding hydrogens is 382 g/mol. The summed E-state index contributed by atoms with van der Waals surface area (Å²) in [6, 6.07) is 9.86. The van der Waals surface area contributed by atoms with Crippen LogP contribution < -0.4 is 19.9 Å². The van der Waals surface area contributed by atoms with Crippen LogP contribution in [0.5, 0.6) is 17.2 Å². The fraction of sp³-hybridized carbons (Fsp3) is 0.409. The molecule has 8 nitrogen and oxygen atoms in total. The maximum atomic E-state index is 10.2. The summed E-state index contributed by atoms with van der Waals surface area (Å²) >= 11 is 0. The second-order valence-corrected chi connectivity index (χ2v) is 7.36. The topological polar surface area (TPSA) is 128 Å². The fourth-order valence-electron chi connectivity index (χ4n) is 4.48. The number of rotatable bonds is 4. The van der Waals surface area contributed by atoms with Crippen LogP contribution in [0.2, 0.25) is 0 Å². The van der Waals surface area contributed by atoms with Crippen LogP contribution in [0.15, 0.2) is 35.1 Å². The normalized spacial score (nSPS) is 22.6. The van der Waals surface area contributed by atoms with E-state index in [0.717, 1.165) is 5.57 Å². The molecule has 0 amide bonds. The molecule has 0 radical (unpaired) electrons. The lowest BCUT2D eigenvalue weighted by Gasteiger charge is -2.45. The minimum atomic E-state index is -1.71. The smallest absolute Gasteiger partial charge is 0.203 e. The van der Waals surface area contributed by atoms with E-state index >= 15 is 0 Å². The molecule has 8 heteroatoms. The van der Waals surface area contributed by atoms with Crippen molar-refractivity contribution in [2.45, 2.75) is 5.92 Å². The predicted octanol–water partition coefficient (Wildman–Crippen LogP) is 2.07. The van der Waals surface area contributed by atoms with Crippen molar-refractivity contribution in [2.24, 2.45) is 17.1 Å². The number of nitriles is 3. The average Bonchev–Trinajstić information content (AvgIpc) is 2.77. The van der Waals surface area contributed by atoms with Crippen LogP contribution in [0.1, 0.15) is 11.5 Å². The Morgan fingerprint density at radius 2 is 1.67 bits per heavy atom. The molecule has 30 heavy (non-hydrogen) atoms. The molecule has 2 atom stereocenters. The summed E-state index contributed by atoms with van der Waals surface area (Å²) in [4.78, 5) is 2.08. The van der Waals surface area contributed by atoms with E-state index in [1.165, 1.54) is 21.3 Å². The Labute approximate surface area is 175 Å². The third kappa shape index (κ3) is 2.92. The van der Waals surface area contributed by atoms with E-state index in [4.69, 9.17) is 19.9 Å². The van der Waals surface area contributed by atoms with Crippen LogP contribution in [-0.4, -0.2) is 46.4 Å². The molecule has 2 aliphatic rings. The van der Waals surface area contributed by atoms with Crippen molar-refractivity contribution in [1.29, 1.82) is 15.8 Å². The first-order valence-electron chi connectivity index (χ1n) is 9.34. The molecule has 0 fully saturated rings. The lowest BCUT2D eigenvalue weighted by molar-refractivity contribution is 0.236. The number of hydrogen-bond donors (Lipinski definition) is 1. The third-order valence-electron chi connectivity index (χ3n) is 5.89. The molecular formula is C22H23N5O3. The highest BCUT2D eigenvalue weighted by Gasteiger charge is 2.54. The van der Waals surface area contributed by atoms with Gasteiger partial charge in [0.05, 0.1) is 44.7 Å². The summed E-state index contributed by atoms with van der Waals surface area (Å²) in [6.07, 6.45) is 1.95. The van der Waals surface area contributed by atoms with E-state index in [-0.39, 0.29) is 17.2 Å². The number of fused-ring (bicyclic) bond motifs is 1. The van der Waals surface area contributed by atoms with Crippen LogP contribution in [0.3, 0.4) is 0 Å². The number of methoxy groups -OCH3 is 3. The molecule has 0 saturated carbocycles. The Morgan fingerprint density at radius 3 is 2.13 bits per heavy atom.